The summed E-state index contributed by atoms with van der Waals surface area (Å²) in [5.41, 5.74) is 0. The van der Waals surface area contributed by atoms with Crippen molar-refractivity contribution in [3.63, 3.8) is 0 Å². The van der Waals surface area contributed by atoms with Crippen molar-refractivity contribution >= 4 is 17.2 Å². The number of aliphatic hydroxyl groups is 2. The van der Waals surface area contributed by atoms with E-state index in [1.54, 1.807) is 17.0 Å². The summed E-state index contributed by atoms with van der Waals surface area (Å²) in [7, 11) is 0. The van der Waals surface area contributed by atoms with Crippen LogP contribution in [-0.2, 0) is 0 Å². The largest absolute Gasteiger partial charge is 0.395 e. The maximum Gasteiger partial charge on any atom is 0.264 e. The summed E-state index contributed by atoms with van der Waals surface area (Å²) in [6, 6.07) is 3.50. The van der Waals surface area contributed by atoms with Gasteiger partial charge in [0.05, 0.1) is 16.4 Å². The van der Waals surface area contributed by atoms with Gasteiger partial charge >= 0.3 is 0 Å². The van der Waals surface area contributed by atoms with Crippen molar-refractivity contribution in [3.8, 4) is 11.8 Å². The highest BCUT2D eigenvalue weighted by atomic mass is 32.1. The number of rotatable bonds is 5. The van der Waals surface area contributed by atoms with Crippen LogP contribution in [0.2, 0.25) is 0 Å². The fraction of sp³-hybridized carbons (Fsp3) is 0.462. The number of hydrogen-bond acceptors (Lipinski definition) is 4. The van der Waals surface area contributed by atoms with Crippen LogP contribution in [0.3, 0.4) is 0 Å². The molecule has 0 aliphatic carbocycles. The molecule has 18 heavy (non-hydrogen) atoms. The van der Waals surface area contributed by atoms with Crippen molar-refractivity contribution in [3.05, 3.63) is 21.9 Å². The summed E-state index contributed by atoms with van der Waals surface area (Å²) in [4.78, 5) is 15.1. The van der Waals surface area contributed by atoms with Crippen molar-refractivity contribution in [1.82, 2.24) is 4.90 Å². The smallest absolute Gasteiger partial charge is 0.264 e. The maximum atomic E-state index is 12.1. The molecule has 1 aromatic heterocycles. The Bertz CT molecular complexity index is 439. The van der Waals surface area contributed by atoms with Gasteiger partial charge in [0.2, 0.25) is 0 Å². The Balaban J connectivity index is 2.78. The highest BCUT2D eigenvalue weighted by molar-refractivity contribution is 7.14. The van der Waals surface area contributed by atoms with Crippen LogP contribution in [0.25, 0.3) is 0 Å². The van der Waals surface area contributed by atoms with Crippen LogP contribution in [0.4, 0.5) is 0 Å². The molecule has 1 heterocycles. The lowest BCUT2D eigenvalue weighted by Crippen LogP contribution is -2.33. The van der Waals surface area contributed by atoms with E-state index in [9.17, 15) is 4.79 Å². The van der Waals surface area contributed by atoms with Crippen molar-refractivity contribution in [2.75, 3.05) is 26.3 Å². The average molecular weight is 267 g/mol. The minimum atomic E-state index is -0.187. The lowest BCUT2D eigenvalue weighted by atomic mass is 10.3. The molecule has 0 fully saturated rings. The Morgan fingerprint density at radius 3 is 2.78 bits per heavy atom. The van der Waals surface area contributed by atoms with Gasteiger partial charge in [0.25, 0.3) is 5.91 Å². The summed E-state index contributed by atoms with van der Waals surface area (Å²) in [6.07, 6.45) is 0.855. The first-order chi connectivity index (χ1) is 8.72. The fourth-order valence-electron chi connectivity index (χ4n) is 1.51. The van der Waals surface area contributed by atoms with Gasteiger partial charge < -0.3 is 15.1 Å². The molecule has 0 saturated heterocycles. The van der Waals surface area contributed by atoms with Crippen LogP contribution in [0.1, 0.15) is 27.9 Å². The molecule has 0 spiro atoms. The standard InChI is InChI=1S/C13H17NO3S/c1-2-7-14(8-10-16)13(17)12-6-5-11(18-12)4-3-9-15/h5-6,15-16H,2,7-10H2,1H3. The van der Waals surface area contributed by atoms with Gasteiger partial charge in [-0.1, -0.05) is 18.8 Å². The van der Waals surface area contributed by atoms with Crippen LogP contribution >= 0.6 is 11.3 Å². The molecule has 0 bridgehead atoms. The Kier molecular flexibility index (Phi) is 6.44. The van der Waals surface area contributed by atoms with Crippen molar-refractivity contribution in [2.24, 2.45) is 0 Å². The molecule has 1 rings (SSSR count). The average Bonchev–Trinajstić information content (AvgIpc) is 2.84. The lowest BCUT2D eigenvalue weighted by Gasteiger charge is -2.19. The Morgan fingerprint density at radius 1 is 1.39 bits per heavy atom. The van der Waals surface area contributed by atoms with E-state index in [-0.39, 0.29) is 19.1 Å². The molecule has 4 nitrogen and oxygen atoms in total. The van der Waals surface area contributed by atoms with Gasteiger partial charge in [0.15, 0.2) is 0 Å². The molecule has 2 N–H and O–H groups in total. The monoisotopic (exact) mass is 267 g/mol. The fourth-order valence-corrected chi connectivity index (χ4v) is 2.36. The second-order valence-corrected chi connectivity index (χ2v) is 4.72. The third-order valence-electron chi connectivity index (χ3n) is 2.26. The molecular weight excluding hydrogens is 250 g/mol. The van der Waals surface area contributed by atoms with Gasteiger partial charge in [-0.15, -0.1) is 11.3 Å². The summed E-state index contributed by atoms with van der Waals surface area (Å²) in [6.45, 7) is 2.75. The molecule has 0 saturated carbocycles. The predicted octanol–water partition coefficient (Wildman–Crippen LogP) is 0.936. The van der Waals surface area contributed by atoms with Gasteiger partial charge in [-0.05, 0) is 18.6 Å². The van der Waals surface area contributed by atoms with Gasteiger partial charge in [-0.25, -0.2) is 0 Å². The number of hydrogen-bond donors (Lipinski definition) is 2. The molecule has 0 aliphatic rings. The summed E-state index contributed by atoms with van der Waals surface area (Å²) in [5.74, 6) is 5.24. The first-order valence-electron chi connectivity index (χ1n) is 5.82. The van der Waals surface area contributed by atoms with Crippen molar-refractivity contribution < 1.29 is 15.0 Å². The molecular formula is C13H17NO3S. The Morgan fingerprint density at radius 2 is 2.17 bits per heavy atom. The number of amides is 1. The Hall–Kier alpha value is -1.35. The SMILES string of the molecule is CCCN(CCO)C(=O)c1ccc(C#CCO)s1. The number of nitrogens with zero attached hydrogens (tertiary/aromatic N) is 1. The minimum absolute atomic E-state index is 0.0334. The highest BCUT2D eigenvalue weighted by Crippen LogP contribution is 2.17. The molecule has 0 aromatic carbocycles. The van der Waals surface area contributed by atoms with E-state index >= 15 is 0 Å². The predicted molar refractivity (Wildman–Crippen MR) is 71.6 cm³/mol. The van der Waals surface area contributed by atoms with Crippen LogP contribution in [0.5, 0.6) is 0 Å². The van der Waals surface area contributed by atoms with Gasteiger partial charge in [0.1, 0.15) is 6.61 Å². The molecule has 98 valence electrons. The van der Waals surface area contributed by atoms with Crippen molar-refractivity contribution in [1.29, 1.82) is 0 Å². The first-order valence-corrected chi connectivity index (χ1v) is 6.64. The molecule has 1 aromatic rings. The molecule has 1 amide bonds. The number of aliphatic hydroxyl groups excluding tert-OH is 2. The summed E-state index contributed by atoms with van der Waals surface area (Å²) >= 11 is 1.30. The zero-order chi connectivity index (χ0) is 13.4. The summed E-state index contributed by atoms with van der Waals surface area (Å²) in [5, 5.41) is 17.5. The molecule has 0 aliphatic heterocycles. The normalized spacial score (nSPS) is 9.72. The van der Waals surface area contributed by atoms with E-state index in [0.29, 0.717) is 18.0 Å². The van der Waals surface area contributed by atoms with E-state index in [1.807, 2.05) is 6.92 Å². The van der Waals surface area contributed by atoms with Gasteiger partial charge in [-0.3, -0.25) is 4.79 Å². The zero-order valence-electron chi connectivity index (χ0n) is 10.3. The van der Waals surface area contributed by atoms with E-state index < -0.39 is 0 Å². The third-order valence-corrected chi connectivity index (χ3v) is 3.25. The van der Waals surface area contributed by atoms with E-state index in [2.05, 4.69) is 11.8 Å². The van der Waals surface area contributed by atoms with Gasteiger partial charge in [-0.2, -0.15) is 0 Å². The number of carbonyl (C=O) groups is 1. The van der Waals surface area contributed by atoms with Crippen LogP contribution in [-0.4, -0.2) is 47.3 Å². The molecule has 0 unspecified atom stereocenters. The maximum absolute atomic E-state index is 12.1. The minimum Gasteiger partial charge on any atom is -0.395 e. The van der Waals surface area contributed by atoms with Crippen LogP contribution in [0, 0.1) is 11.8 Å². The third kappa shape index (κ3) is 4.15. The van der Waals surface area contributed by atoms with Gasteiger partial charge in [0, 0.05) is 13.1 Å². The van der Waals surface area contributed by atoms with Crippen LogP contribution < -0.4 is 0 Å². The quantitative estimate of drug-likeness (QED) is 0.780. The van der Waals surface area contributed by atoms with E-state index in [0.717, 1.165) is 11.3 Å². The number of carbonyl (C=O) groups excluding carboxylic acids is 1. The number of thiophene rings is 1. The second-order valence-electron chi connectivity index (χ2n) is 3.64. The van der Waals surface area contributed by atoms with E-state index in [1.165, 1.54) is 11.3 Å². The molecule has 5 heteroatoms. The first kappa shape index (κ1) is 14.7. The summed E-state index contributed by atoms with van der Waals surface area (Å²) < 4.78 is 0. The van der Waals surface area contributed by atoms with Crippen LogP contribution in [0.15, 0.2) is 12.1 Å². The lowest BCUT2D eigenvalue weighted by molar-refractivity contribution is 0.0727. The highest BCUT2D eigenvalue weighted by Gasteiger charge is 2.16. The Labute approximate surface area is 111 Å². The zero-order valence-corrected chi connectivity index (χ0v) is 11.2. The topological polar surface area (TPSA) is 60.8 Å². The molecule has 0 atom stereocenters. The second kappa shape index (κ2) is 7.88. The van der Waals surface area contributed by atoms with Crippen molar-refractivity contribution in [2.45, 2.75) is 13.3 Å². The molecule has 0 radical (unpaired) electrons. The van der Waals surface area contributed by atoms with E-state index in [4.69, 9.17) is 10.2 Å².